The van der Waals surface area contributed by atoms with Gasteiger partial charge in [-0.05, 0) is 11.6 Å². The molecule has 1 aromatic rings. The Morgan fingerprint density at radius 2 is 2.18 bits per heavy atom. The topological polar surface area (TPSA) is 74.2 Å². The molecule has 0 saturated heterocycles. The molecule has 0 aromatic carbocycles. The Kier molecular flexibility index (Phi) is 2.90. The molecule has 90 valence electrons. The van der Waals surface area contributed by atoms with E-state index < -0.39 is 0 Å². The van der Waals surface area contributed by atoms with Crippen LogP contribution in [0.15, 0.2) is 42.3 Å². The first-order valence-corrected chi connectivity index (χ1v) is 5.49. The van der Waals surface area contributed by atoms with E-state index in [4.69, 9.17) is 16.2 Å². The van der Waals surface area contributed by atoms with Crippen LogP contribution < -0.4 is 16.2 Å². The van der Waals surface area contributed by atoms with Gasteiger partial charge in [0.1, 0.15) is 0 Å². The van der Waals surface area contributed by atoms with Crippen molar-refractivity contribution < 1.29 is 4.74 Å². The average molecular weight is 231 g/mol. The third-order valence-corrected chi connectivity index (χ3v) is 3.30. The highest BCUT2D eigenvalue weighted by atomic mass is 16.5. The van der Waals surface area contributed by atoms with E-state index in [0.29, 0.717) is 11.6 Å². The molecule has 0 amide bonds. The molecular formula is C13H17N3O. The van der Waals surface area contributed by atoms with Gasteiger partial charge in [-0.15, -0.1) is 0 Å². The van der Waals surface area contributed by atoms with Crippen LogP contribution in [0.1, 0.15) is 12.5 Å². The van der Waals surface area contributed by atoms with Crippen LogP contribution in [0.5, 0.6) is 5.88 Å². The smallest absolute Gasteiger partial charge is 0.212 e. The van der Waals surface area contributed by atoms with E-state index in [1.807, 2.05) is 24.3 Å². The van der Waals surface area contributed by atoms with Gasteiger partial charge in [0.15, 0.2) is 0 Å². The third kappa shape index (κ3) is 1.91. The van der Waals surface area contributed by atoms with Gasteiger partial charge in [0.05, 0.1) is 13.2 Å². The molecule has 4 N–H and O–H groups in total. The predicted octanol–water partition coefficient (Wildman–Crippen LogP) is 1.09. The normalized spacial score (nSPS) is 27.7. The summed E-state index contributed by atoms with van der Waals surface area (Å²) in [4.78, 5) is 4.21. The summed E-state index contributed by atoms with van der Waals surface area (Å²) in [5.74, 6) is 0.592. The van der Waals surface area contributed by atoms with Gasteiger partial charge >= 0.3 is 0 Å². The van der Waals surface area contributed by atoms with Gasteiger partial charge in [0.25, 0.3) is 0 Å². The van der Waals surface area contributed by atoms with E-state index in [-0.39, 0.29) is 11.5 Å². The highest BCUT2D eigenvalue weighted by molar-refractivity contribution is 5.40. The first kappa shape index (κ1) is 11.7. The second-order valence-electron chi connectivity index (χ2n) is 4.38. The maximum atomic E-state index is 6.16. The fourth-order valence-corrected chi connectivity index (χ4v) is 2.01. The van der Waals surface area contributed by atoms with Gasteiger partial charge in [-0.3, -0.25) is 0 Å². The minimum atomic E-state index is -0.321. The number of aromatic nitrogens is 1. The van der Waals surface area contributed by atoms with Gasteiger partial charge in [-0.1, -0.05) is 25.1 Å². The summed E-state index contributed by atoms with van der Waals surface area (Å²) in [6.45, 7) is 2.05. The number of ether oxygens (including phenoxy) is 1. The van der Waals surface area contributed by atoms with Gasteiger partial charge in [-0.2, -0.15) is 0 Å². The fourth-order valence-electron chi connectivity index (χ4n) is 2.01. The summed E-state index contributed by atoms with van der Waals surface area (Å²) in [6.07, 6.45) is 7.60. The molecule has 17 heavy (non-hydrogen) atoms. The average Bonchev–Trinajstić information content (AvgIpc) is 2.36. The van der Waals surface area contributed by atoms with E-state index in [9.17, 15) is 0 Å². The summed E-state index contributed by atoms with van der Waals surface area (Å²) in [5.41, 5.74) is 13.4. The summed E-state index contributed by atoms with van der Waals surface area (Å²) in [5, 5.41) is 0. The number of allylic oxidation sites excluding steroid dienone is 2. The van der Waals surface area contributed by atoms with Gasteiger partial charge in [-0.25, -0.2) is 4.98 Å². The molecule has 4 heteroatoms. The second kappa shape index (κ2) is 4.22. The molecule has 2 unspecified atom stereocenters. The molecule has 0 radical (unpaired) electrons. The van der Waals surface area contributed by atoms with Crippen molar-refractivity contribution in [1.29, 1.82) is 0 Å². The largest absolute Gasteiger partial charge is 0.481 e. The number of nitrogens with two attached hydrogens (primary N) is 2. The van der Waals surface area contributed by atoms with Crippen molar-refractivity contribution in [2.24, 2.45) is 11.5 Å². The number of methoxy groups -OCH3 is 1. The van der Waals surface area contributed by atoms with Crippen LogP contribution >= 0.6 is 0 Å². The zero-order chi connectivity index (χ0) is 12.5. The predicted molar refractivity (Wildman–Crippen MR) is 67.5 cm³/mol. The van der Waals surface area contributed by atoms with Crippen LogP contribution in [0.4, 0.5) is 0 Å². The Hall–Kier alpha value is -1.81. The Morgan fingerprint density at radius 1 is 1.41 bits per heavy atom. The van der Waals surface area contributed by atoms with Crippen LogP contribution in [0.3, 0.4) is 0 Å². The summed E-state index contributed by atoms with van der Waals surface area (Å²) in [7, 11) is 1.59. The highest BCUT2D eigenvalue weighted by Crippen LogP contribution is 2.33. The standard InChI is InChI=1S/C13H17N3O/c1-13(7-3-4-10(14)12(13)15)9-5-6-11(17-2)16-8-9/h3-8,12H,14-15H2,1-2H3. The summed E-state index contributed by atoms with van der Waals surface area (Å²) >= 11 is 0. The number of rotatable bonds is 2. The van der Waals surface area contributed by atoms with Gasteiger partial charge in [0, 0.05) is 23.4 Å². The maximum Gasteiger partial charge on any atom is 0.212 e. The number of hydrogen-bond acceptors (Lipinski definition) is 4. The second-order valence-corrected chi connectivity index (χ2v) is 4.38. The van der Waals surface area contributed by atoms with Gasteiger partial charge in [0.2, 0.25) is 5.88 Å². The Balaban J connectivity index is 2.38. The maximum absolute atomic E-state index is 6.16. The van der Waals surface area contributed by atoms with Crippen LogP contribution in [0.25, 0.3) is 0 Å². The van der Waals surface area contributed by atoms with Crippen LogP contribution in [-0.4, -0.2) is 18.1 Å². The first-order chi connectivity index (χ1) is 8.08. The molecule has 1 heterocycles. The van der Waals surface area contributed by atoms with Crippen molar-refractivity contribution in [2.75, 3.05) is 7.11 Å². The SMILES string of the molecule is COc1ccc(C2(C)C=CC=C(N)C2N)cn1. The molecule has 2 atom stereocenters. The lowest BCUT2D eigenvalue weighted by Gasteiger charge is -2.35. The minimum Gasteiger partial charge on any atom is -0.481 e. The quantitative estimate of drug-likeness (QED) is 0.799. The minimum absolute atomic E-state index is 0.234. The number of pyridine rings is 1. The van der Waals surface area contributed by atoms with Crippen molar-refractivity contribution in [1.82, 2.24) is 4.98 Å². The Morgan fingerprint density at radius 3 is 2.76 bits per heavy atom. The molecule has 0 fully saturated rings. The van der Waals surface area contributed by atoms with Crippen molar-refractivity contribution in [3.63, 3.8) is 0 Å². The fraction of sp³-hybridized carbons (Fsp3) is 0.308. The molecular weight excluding hydrogens is 214 g/mol. The van der Waals surface area contributed by atoms with E-state index in [1.54, 1.807) is 13.3 Å². The lowest BCUT2D eigenvalue weighted by molar-refractivity contribution is 0.396. The van der Waals surface area contributed by atoms with E-state index >= 15 is 0 Å². The molecule has 1 aliphatic rings. The van der Waals surface area contributed by atoms with Crippen LogP contribution in [0.2, 0.25) is 0 Å². The zero-order valence-electron chi connectivity index (χ0n) is 10.1. The molecule has 4 nitrogen and oxygen atoms in total. The summed E-state index contributed by atoms with van der Waals surface area (Å²) in [6, 6.07) is 3.56. The van der Waals surface area contributed by atoms with Crippen LogP contribution in [-0.2, 0) is 5.41 Å². The van der Waals surface area contributed by atoms with E-state index in [1.165, 1.54) is 0 Å². The number of hydrogen-bond donors (Lipinski definition) is 2. The van der Waals surface area contributed by atoms with Crippen molar-refractivity contribution >= 4 is 0 Å². The Bertz CT molecular complexity index is 464. The molecule has 0 spiro atoms. The molecule has 1 aliphatic carbocycles. The van der Waals surface area contributed by atoms with Gasteiger partial charge < -0.3 is 16.2 Å². The van der Waals surface area contributed by atoms with Crippen molar-refractivity contribution in [3.05, 3.63) is 47.8 Å². The van der Waals surface area contributed by atoms with Crippen molar-refractivity contribution in [3.8, 4) is 5.88 Å². The van der Waals surface area contributed by atoms with Crippen LogP contribution in [0, 0.1) is 0 Å². The molecule has 0 saturated carbocycles. The van der Waals surface area contributed by atoms with E-state index in [0.717, 1.165) is 5.56 Å². The molecule has 1 aromatic heterocycles. The first-order valence-electron chi connectivity index (χ1n) is 5.49. The number of nitrogens with zero attached hydrogens (tertiary/aromatic N) is 1. The summed E-state index contributed by atoms with van der Waals surface area (Å²) < 4.78 is 5.04. The third-order valence-electron chi connectivity index (χ3n) is 3.30. The molecule has 2 rings (SSSR count). The molecule has 0 aliphatic heterocycles. The lowest BCUT2D eigenvalue weighted by atomic mass is 9.73. The Labute approximate surface area is 101 Å². The molecule has 0 bridgehead atoms. The highest BCUT2D eigenvalue weighted by Gasteiger charge is 2.34. The lowest BCUT2D eigenvalue weighted by Crippen LogP contribution is -2.46. The van der Waals surface area contributed by atoms with Crippen molar-refractivity contribution in [2.45, 2.75) is 18.4 Å². The van der Waals surface area contributed by atoms with E-state index in [2.05, 4.69) is 18.0 Å². The monoisotopic (exact) mass is 231 g/mol. The zero-order valence-corrected chi connectivity index (χ0v) is 10.1.